The lowest BCUT2D eigenvalue weighted by molar-refractivity contribution is -0.121. The van der Waals surface area contributed by atoms with Gasteiger partial charge in [0.15, 0.2) is 5.43 Å². The van der Waals surface area contributed by atoms with Gasteiger partial charge in [-0.2, -0.15) is 5.10 Å². The Morgan fingerprint density at radius 1 is 1.00 bits per heavy atom. The van der Waals surface area contributed by atoms with Crippen LogP contribution >= 0.6 is 31.9 Å². The largest absolute Gasteiger partial charge is 0.506 e. The number of phenolic OH excluding ortho intramolecular Hbond substituents is 1. The second-order valence-corrected chi connectivity index (χ2v) is 8.28. The van der Waals surface area contributed by atoms with Crippen molar-refractivity contribution in [3.05, 3.63) is 85.4 Å². The number of hydrogen-bond acceptors (Lipinski definition) is 4. The summed E-state index contributed by atoms with van der Waals surface area (Å²) in [6.45, 7) is 0.00160. The van der Waals surface area contributed by atoms with Crippen molar-refractivity contribution in [1.29, 1.82) is 0 Å². The molecule has 0 bridgehead atoms. The zero-order chi connectivity index (χ0) is 21.3. The summed E-state index contributed by atoms with van der Waals surface area (Å²) in [4.78, 5) is 25.4. The fraction of sp³-hybridized carbons (Fsp3) is 0.0455. The van der Waals surface area contributed by atoms with Crippen LogP contribution in [0.1, 0.15) is 5.56 Å². The third kappa shape index (κ3) is 3.88. The van der Waals surface area contributed by atoms with Gasteiger partial charge >= 0.3 is 0 Å². The van der Waals surface area contributed by atoms with Crippen LogP contribution < -0.4 is 10.9 Å². The summed E-state index contributed by atoms with van der Waals surface area (Å²) in [6, 6.07) is 17.8. The fourth-order valence-corrected chi connectivity index (χ4v) is 4.49. The van der Waals surface area contributed by atoms with Crippen LogP contribution in [0.15, 0.2) is 79.5 Å². The summed E-state index contributed by atoms with van der Waals surface area (Å²) < 4.78 is 2.83. The van der Waals surface area contributed by atoms with E-state index in [9.17, 15) is 14.7 Å². The summed E-state index contributed by atoms with van der Waals surface area (Å²) >= 11 is 6.51. The Labute approximate surface area is 188 Å². The number of hydrogen-bond donors (Lipinski definition) is 2. The highest BCUT2D eigenvalue weighted by Gasteiger charge is 2.12. The summed E-state index contributed by atoms with van der Waals surface area (Å²) in [5, 5.41) is 14.9. The first kappa shape index (κ1) is 20.3. The van der Waals surface area contributed by atoms with Crippen molar-refractivity contribution in [1.82, 2.24) is 9.99 Å². The number of benzene rings is 3. The molecule has 1 aromatic heterocycles. The van der Waals surface area contributed by atoms with Crippen molar-refractivity contribution in [3.8, 4) is 5.75 Å². The number of halogens is 2. The number of aromatic hydroxyl groups is 1. The summed E-state index contributed by atoms with van der Waals surface area (Å²) in [5.41, 5.74) is 4.52. The minimum atomic E-state index is -0.331. The molecule has 0 radical (unpaired) electrons. The lowest BCUT2D eigenvalue weighted by atomic mass is 10.1. The molecule has 1 heterocycles. The zero-order valence-electron chi connectivity index (χ0n) is 15.5. The molecule has 0 saturated heterocycles. The molecule has 0 unspecified atom stereocenters. The normalized spacial score (nSPS) is 11.4. The Morgan fingerprint density at radius 3 is 2.10 bits per heavy atom. The third-order valence-electron chi connectivity index (χ3n) is 4.62. The number of nitrogens with zero attached hydrogens (tertiary/aromatic N) is 2. The maximum Gasteiger partial charge on any atom is 0.260 e. The molecule has 0 fully saturated rings. The maximum absolute atomic E-state index is 12.8. The monoisotopic (exact) mass is 527 g/mol. The minimum Gasteiger partial charge on any atom is -0.506 e. The fourth-order valence-electron chi connectivity index (χ4n) is 3.26. The van der Waals surface area contributed by atoms with Gasteiger partial charge in [0.2, 0.25) is 0 Å². The van der Waals surface area contributed by atoms with Crippen LogP contribution in [0.2, 0.25) is 0 Å². The first-order chi connectivity index (χ1) is 14.5. The molecule has 0 aliphatic rings. The quantitative estimate of drug-likeness (QED) is 0.232. The predicted octanol–water partition coefficient (Wildman–Crippen LogP) is 4.54. The molecule has 4 aromatic rings. The highest BCUT2D eigenvalue weighted by Crippen LogP contribution is 2.32. The number of phenols is 1. The SMILES string of the molecule is O=C(Cn1c2ccccc2c(=O)c2ccccc21)N/N=C\c1cc(Br)c(O)c(Br)c1. The Kier molecular flexibility index (Phi) is 5.69. The van der Waals surface area contributed by atoms with Crippen LogP contribution in [0, 0.1) is 0 Å². The van der Waals surface area contributed by atoms with Gasteiger partial charge in [-0.05, 0) is 73.8 Å². The van der Waals surface area contributed by atoms with Gasteiger partial charge in [-0.3, -0.25) is 9.59 Å². The smallest absolute Gasteiger partial charge is 0.260 e. The van der Waals surface area contributed by atoms with Crippen molar-refractivity contribution < 1.29 is 9.90 Å². The average molecular weight is 529 g/mol. The summed E-state index contributed by atoms with van der Waals surface area (Å²) in [6.07, 6.45) is 1.48. The molecule has 3 aromatic carbocycles. The molecule has 1 amide bonds. The Bertz CT molecular complexity index is 1300. The molecule has 2 N–H and O–H groups in total. The van der Waals surface area contributed by atoms with Crippen LogP contribution in [0.3, 0.4) is 0 Å². The van der Waals surface area contributed by atoms with E-state index in [-0.39, 0.29) is 23.6 Å². The van der Waals surface area contributed by atoms with Gasteiger partial charge in [-0.25, -0.2) is 5.43 Å². The van der Waals surface area contributed by atoms with Crippen LogP contribution in [0.4, 0.5) is 0 Å². The van der Waals surface area contributed by atoms with E-state index in [1.165, 1.54) is 6.21 Å². The molecule has 30 heavy (non-hydrogen) atoms. The van der Waals surface area contributed by atoms with Crippen molar-refractivity contribution in [2.75, 3.05) is 0 Å². The Hall–Kier alpha value is -2.97. The minimum absolute atomic E-state index is 0.00160. The second kappa shape index (κ2) is 8.41. The zero-order valence-corrected chi connectivity index (χ0v) is 18.6. The standard InChI is InChI=1S/C22H15Br2N3O3/c23-16-9-13(10-17(24)22(16)30)11-25-26-20(28)12-27-18-7-3-1-5-14(18)21(29)15-6-2-4-8-19(15)27/h1-11,30H,12H2,(H,26,28)/b25-11-. The Morgan fingerprint density at radius 2 is 1.53 bits per heavy atom. The second-order valence-electron chi connectivity index (χ2n) is 6.58. The van der Waals surface area contributed by atoms with Crippen molar-refractivity contribution in [2.24, 2.45) is 5.10 Å². The number of amides is 1. The van der Waals surface area contributed by atoms with E-state index in [4.69, 9.17) is 0 Å². The van der Waals surface area contributed by atoms with Gasteiger partial charge < -0.3 is 9.67 Å². The maximum atomic E-state index is 12.8. The van der Waals surface area contributed by atoms with Crippen LogP contribution in [-0.4, -0.2) is 21.8 Å². The number of rotatable bonds is 4. The third-order valence-corrected chi connectivity index (χ3v) is 5.83. The number of aromatic nitrogens is 1. The Balaban J connectivity index is 1.63. The molecule has 0 aliphatic heterocycles. The molecule has 6 nitrogen and oxygen atoms in total. The first-order valence-corrected chi connectivity index (χ1v) is 10.5. The molecular formula is C22H15Br2N3O3. The number of fused-ring (bicyclic) bond motifs is 2. The van der Waals surface area contributed by atoms with Crippen LogP contribution in [0.25, 0.3) is 21.8 Å². The molecule has 4 rings (SSSR count). The highest BCUT2D eigenvalue weighted by molar-refractivity contribution is 9.11. The molecule has 0 saturated carbocycles. The van der Waals surface area contributed by atoms with Gasteiger partial charge in [-0.15, -0.1) is 0 Å². The van der Waals surface area contributed by atoms with Gasteiger partial charge in [0.1, 0.15) is 12.3 Å². The molecule has 8 heteroatoms. The number of carbonyl (C=O) groups excluding carboxylic acids is 1. The number of pyridine rings is 1. The van der Waals surface area contributed by atoms with Crippen LogP contribution in [-0.2, 0) is 11.3 Å². The highest BCUT2D eigenvalue weighted by atomic mass is 79.9. The summed E-state index contributed by atoms with van der Waals surface area (Å²) in [7, 11) is 0. The topological polar surface area (TPSA) is 83.7 Å². The van der Waals surface area contributed by atoms with E-state index in [1.807, 2.05) is 28.8 Å². The van der Waals surface area contributed by atoms with Crippen molar-refractivity contribution >= 4 is 65.8 Å². The lowest BCUT2D eigenvalue weighted by Crippen LogP contribution is -2.25. The molecule has 0 aliphatic carbocycles. The van der Waals surface area contributed by atoms with Crippen LogP contribution in [0.5, 0.6) is 5.75 Å². The van der Waals surface area contributed by atoms with E-state index in [1.54, 1.807) is 36.4 Å². The van der Waals surface area contributed by atoms with E-state index in [0.29, 0.717) is 36.3 Å². The van der Waals surface area contributed by atoms with Crippen molar-refractivity contribution in [2.45, 2.75) is 6.54 Å². The molecule has 150 valence electrons. The number of hydrazone groups is 1. The molecule has 0 spiro atoms. The lowest BCUT2D eigenvalue weighted by Gasteiger charge is -2.14. The average Bonchev–Trinajstić information content (AvgIpc) is 2.75. The van der Waals surface area contributed by atoms with E-state index >= 15 is 0 Å². The number of nitrogens with one attached hydrogen (secondary N) is 1. The predicted molar refractivity (Wildman–Crippen MR) is 125 cm³/mol. The number of carbonyl (C=O) groups is 1. The van der Waals surface area contributed by atoms with Gasteiger partial charge in [0.25, 0.3) is 5.91 Å². The van der Waals surface area contributed by atoms with Gasteiger partial charge in [0.05, 0.1) is 26.2 Å². The van der Waals surface area contributed by atoms with Gasteiger partial charge in [-0.1, -0.05) is 24.3 Å². The van der Waals surface area contributed by atoms with Crippen molar-refractivity contribution in [3.63, 3.8) is 0 Å². The molecular weight excluding hydrogens is 514 g/mol. The van der Waals surface area contributed by atoms with E-state index < -0.39 is 0 Å². The summed E-state index contributed by atoms with van der Waals surface area (Å²) in [5.74, 6) is -0.240. The number of para-hydroxylation sites is 2. The molecule has 0 atom stereocenters. The van der Waals surface area contributed by atoms with E-state index in [2.05, 4.69) is 42.4 Å². The van der Waals surface area contributed by atoms with E-state index in [0.717, 1.165) is 0 Å². The van der Waals surface area contributed by atoms with Gasteiger partial charge in [0, 0.05) is 10.8 Å². The first-order valence-electron chi connectivity index (χ1n) is 8.96.